The predicted octanol–water partition coefficient (Wildman–Crippen LogP) is 7.67. The number of nitrogens with zero attached hydrogens (tertiary/aromatic N) is 2. The van der Waals surface area contributed by atoms with Crippen molar-refractivity contribution in [1.29, 1.82) is 0 Å². The second kappa shape index (κ2) is 12.9. The van der Waals surface area contributed by atoms with E-state index in [1.807, 2.05) is 123 Å². The molecule has 0 saturated carbocycles. The summed E-state index contributed by atoms with van der Waals surface area (Å²) in [5, 5.41) is 7.79. The molecule has 6 rings (SSSR count). The zero-order chi connectivity index (χ0) is 30.5. The summed E-state index contributed by atoms with van der Waals surface area (Å²) in [6.07, 6.45) is 1.45. The van der Waals surface area contributed by atoms with Crippen molar-refractivity contribution in [3.05, 3.63) is 131 Å². The maximum absolute atomic E-state index is 13.3. The molecule has 2 N–H and O–H groups in total. The smallest absolute Gasteiger partial charge is 0.252 e. The SMILES string of the molecule is Cc1ccccc1-c1cc(C(=O)NCCCCNC(=O)c2cc(-c3ccccc3C)nc3ccccc23)c2ccccc2n1. The van der Waals surface area contributed by atoms with Gasteiger partial charge in [0.05, 0.1) is 33.5 Å². The normalized spacial score (nSPS) is 11.0. The van der Waals surface area contributed by atoms with E-state index in [-0.39, 0.29) is 11.8 Å². The number of hydrogen-bond donors (Lipinski definition) is 2. The van der Waals surface area contributed by atoms with Crippen molar-refractivity contribution < 1.29 is 9.59 Å². The van der Waals surface area contributed by atoms with E-state index in [2.05, 4.69) is 10.6 Å². The fourth-order valence-electron chi connectivity index (χ4n) is 5.57. The molecule has 0 unspecified atom stereocenters. The van der Waals surface area contributed by atoms with Crippen LogP contribution in [0.25, 0.3) is 44.3 Å². The summed E-state index contributed by atoms with van der Waals surface area (Å²) in [5.41, 5.74) is 8.59. The van der Waals surface area contributed by atoms with E-state index >= 15 is 0 Å². The zero-order valence-electron chi connectivity index (χ0n) is 24.9. The molecule has 6 heteroatoms. The number of hydrogen-bond acceptors (Lipinski definition) is 4. The number of benzene rings is 4. The van der Waals surface area contributed by atoms with Gasteiger partial charge >= 0.3 is 0 Å². The summed E-state index contributed by atoms with van der Waals surface area (Å²) < 4.78 is 0. The van der Waals surface area contributed by atoms with Crippen LogP contribution in [0.1, 0.15) is 44.7 Å². The van der Waals surface area contributed by atoms with Crippen LogP contribution in [0.2, 0.25) is 0 Å². The van der Waals surface area contributed by atoms with Gasteiger partial charge in [-0.05, 0) is 62.1 Å². The first-order valence-electron chi connectivity index (χ1n) is 15.0. The fourth-order valence-corrected chi connectivity index (χ4v) is 5.57. The van der Waals surface area contributed by atoms with Gasteiger partial charge in [-0.3, -0.25) is 9.59 Å². The first-order chi connectivity index (χ1) is 21.5. The van der Waals surface area contributed by atoms with Gasteiger partial charge in [0.2, 0.25) is 0 Å². The number of aryl methyl sites for hydroxylation is 2. The standard InChI is InChI=1S/C38H34N4O2/c1-25-13-3-5-15-27(25)35-23-31(29-17-7-9-19-33(29)41-35)37(43)39-21-11-12-22-40-38(44)32-24-36(28-16-6-4-14-26(28)2)42-34-20-10-8-18-30(32)34/h3-10,13-20,23-24H,11-12,21-22H2,1-2H3,(H,39,43)(H,40,44). The van der Waals surface area contributed by atoms with Crippen LogP contribution in [0, 0.1) is 13.8 Å². The van der Waals surface area contributed by atoms with Crippen molar-refractivity contribution in [2.24, 2.45) is 0 Å². The van der Waals surface area contributed by atoms with E-state index in [4.69, 9.17) is 9.97 Å². The topological polar surface area (TPSA) is 84.0 Å². The fraction of sp³-hybridized carbons (Fsp3) is 0.158. The number of nitrogens with one attached hydrogen (secondary N) is 2. The van der Waals surface area contributed by atoms with E-state index in [1.54, 1.807) is 0 Å². The molecule has 0 aliphatic heterocycles. The van der Waals surface area contributed by atoms with Gasteiger partial charge in [-0.15, -0.1) is 0 Å². The largest absolute Gasteiger partial charge is 0.352 e. The number of fused-ring (bicyclic) bond motifs is 2. The third-order valence-corrected chi connectivity index (χ3v) is 7.94. The maximum Gasteiger partial charge on any atom is 0.252 e. The first kappa shape index (κ1) is 28.7. The van der Waals surface area contributed by atoms with Gasteiger partial charge in [0.25, 0.3) is 11.8 Å². The minimum absolute atomic E-state index is 0.130. The summed E-state index contributed by atoms with van der Waals surface area (Å²) in [6.45, 7) is 5.09. The number of rotatable bonds is 9. The molecule has 218 valence electrons. The van der Waals surface area contributed by atoms with Crippen LogP contribution in [-0.4, -0.2) is 34.9 Å². The van der Waals surface area contributed by atoms with Crippen LogP contribution in [0.15, 0.2) is 109 Å². The number of carbonyl (C=O) groups excluding carboxylic acids is 2. The van der Waals surface area contributed by atoms with Gasteiger partial charge in [0, 0.05) is 35.0 Å². The van der Waals surface area contributed by atoms with Crippen LogP contribution in [0.4, 0.5) is 0 Å². The van der Waals surface area contributed by atoms with Crippen LogP contribution in [0.5, 0.6) is 0 Å². The van der Waals surface area contributed by atoms with E-state index in [0.29, 0.717) is 24.2 Å². The lowest BCUT2D eigenvalue weighted by molar-refractivity contribution is 0.0941. The number of para-hydroxylation sites is 2. The number of pyridine rings is 2. The highest BCUT2D eigenvalue weighted by molar-refractivity contribution is 6.08. The van der Waals surface area contributed by atoms with Crippen molar-refractivity contribution in [3.8, 4) is 22.5 Å². The van der Waals surface area contributed by atoms with Gasteiger partial charge in [-0.25, -0.2) is 9.97 Å². The minimum Gasteiger partial charge on any atom is -0.352 e. The van der Waals surface area contributed by atoms with Crippen molar-refractivity contribution in [1.82, 2.24) is 20.6 Å². The van der Waals surface area contributed by atoms with Crippen LogP contribution >= 0.6 is 0 Å². The molecule has 0 atom stereocenters. The molecule has 6 nitrogen and oxygen atoms in total. The summed E-state index contributed by atoms with van der Waals surface area (Å²) in [7, 11) is 0. The van der Waals surface area contributed by atoms with E-state index in [9.17, 15) is 9.59 Å². The second-order valence-electron chi connectivity index (χ2n) is 11.0. The Labute approximate surface area is 257 Å². The lowest BCUT2D eigenvalue weighted by atomic mass is 10.0. The Hall–Kier alpha value is -5.36. The molecule has 2 heterocycles. The maximum atomic E-state index is 13.3. The molecule has 44 heavy (non-hydrogen) atoms. The minimum atomic E-state index is -0.130. The van der Waals surface area contributed by atoms with Crippen molar-refractivity contribution in [3.63, 3.8) is 0 Å². The van der Waals surface area contributed by atoms with Gasteiger partial charge in [0.1, 0.15) is 0 Å². The summed E-state index contributed by atoms with van der Waals surface area (Å²) >= 11 is 0. The van der Waals surface area contributed by atoms with Crippen molar-refractivity contribution >= 4 is 33.6 Å². The summed E-state index contributed by atoms with van der Waals surface area (Å²) in [4.78, 5) is 36.3. The molecule has 2 aromatic heterocycles. The van der Waals surface area contributed by atoms with Gasteiger partial charge in [-0.1, -0.05) is 84.9 Å². The molecular formula is C38H34N4O2. The van der Waals surface area contributed by atoms with Crippen LogP contribution < -0.4 is 10.6 Å². The first-order valence-corrected chi connectivity index (χ1v) is 15.0. The van der Waals surface area contributed by atoms with E-state index < -0.39 is 0 Å². The van der Waals surface area contributed by atoms with Crippen LogP contribution in [0.3, 0.4) is 0 Å². The molecule has 0 bridgehead atoms. The highest BCUT2D eigenvalue weighted by Crippen LogP contribution is 2.28. The van der Waals surface area contributed by atoms with Crippen molar-refractivity contribution in [2.75, 3.05) is 13.1 Å². The molecule has 6 aromatic rings. The third kappa shape index (κ3) is 6.06. The number of amides is 2. The van der Waals surface area contributed by atoms with Crippen molar-refractivity contribution in [2.45, 2.75) is 26.7 Å². The molecule has 0 spiro atoms. The van der Waals surface area contributed by atoms with Gasteiger partial charge < -0.3 is 10.6 Å². The Morgan fingerprint density at radius 3 is 1.36 bits per heavy atom. The average Bonchev–Trinajstić information content (AvgIpc) is 3.05. The summed E-state index contributed by atoms with van der Waals surface area (Å²) in [5.74, 6) is -0.260. The van der Waals surface area contributed by atoms with E-state index in [1.165, 1.54) is 0 Å². The highest BCUT2D eigenvalue weighted by Gasteiger charge is 2.16. The summed E-state index contributed by atoms with van der Waals surface area (Å²) in [6, 6.07) is 35.3. The van der Waals surface area contributed by atoms with Gasteiger partial charge in [-0.2, -0.15) is 0 Å². The predicted molar refractivity (Wildman–Crippen MR) is 178 cm³/mol. The Bertz CT molecular complexity index is 1850. The lowest BCUT2D eigenvalue weighted by Gasteiger charge is -2.13. The number of carbonyl (C=O) groups is 2. The number of aromatic nitrogens is 2. The molecule has 0 fully saturated rings. The zero-order valence-corrected chi connectivity index (χ0v) is 24.9. The Morgan fingerprint density at radius 2 is 0.932 bits per heavy atom. The van der Waals surface area contributed by atoms with Gasteiger partial charge in [0.15, 0.2) is 0 Å². The Balaban J connectivity index is 1.09. The number of unbranched alkanes of at least 4 members (excludes halogenated alkanes) is 1. The molecule has 0 aliphatic carbocycles. The monoisotopic (exact) mass is 578 g/mol. The Kier molecular flexibility index (Phi) is 8.41. The molecular weight excluding hydrogens is 544 g/mol. The van der Waals surface area contributed by atoms with E-state index in [0.717, 1.165) is 68.3 Å². The highest BCUT2D eigenvalue weighted by atomic mass is 16.2. The van der Waals surface area contributed by atoms with Crippen LogP contribution in [-0.2, 0) is 0 Å². The molecule has 4 aromatic carbocycles. The average molecular weight is 579 g/mol. The Morgan fingerprint density at radius 1 is 0.545 bits per heavy atom. The second-order valence-corrected chi connectivity index (χ2v) is 11.0. The quantitative estimate of drug-likeness (QED) is 0.172. The molecule has 0 saturated heterocycles. The lowest BCUT2D eigenvalue weighted by Crippen LogP contribution is -2.27. The molecule has 2 amide bonds. The third-order valence-electron chi connectivity index (χ3n) is 7.94. The molecule has 0 aliphatic rings. The molecule has 0 radical (unpaired) electrons.